The average molecular weight is 322 g/mol. The highest BCUT2D eigenvalue weighted by atomic mass is 32.1. The Hall–Kier alpha value is -1.60. The van der Waals surface area contributed by atoms with Crippen molar-refractivity contribution in [2.45, 2.75) is 26.3 Å². The van der Waals surface area contributed by atoms with Crippen molar-refractivity contribution in [2.75, 3.05) is 24.1 Å². The lowest BCUT2D eigenvalue weighted by molar-refractivity contribution is 0.0685. The lowest BCUT2D eigenvalue weighted by Gasteiger charge is -2.33. The van der Waals surface area contributed by atoms with Gasteiger partial charge >= 0.3 is 0 Å². The Labute approximate surface area is 131 Å². The molecular formula is C14H18N4OS2. The Kier molecular flexibility index (Phi) is 3.86. The first-order chi connectivity index (χ1) is 10.1. The Balaban J connectivity index is 1.86. The molecule has 0 saturated heterocycles. The minimum absolute atomic E-state index is 0.0153. The first-order valence-electron chi connectivity index (χ1n) is 6.99. The number of carbonyl (C=O) groups excluding carboxylic acids is 1. The number of nitrogens with one attached hydrogen (secondary N) is 1. The summed E-state index contributed by atoms with van der Waals surface area (Å²) in [6.45, 7) is 5.56. The number of amides is 1. The van der Waals surface area contributed by atoms with E-state index >= 15 is 0 Å². The number of nitrogen functional groups attached to an aromatic ring is 1. The van der Waals surface area contributed by atoms with Crippen molar-refractivity contribution in [2.24, 2.45) is 0 Å². The van der Waals surface area contributed by atoms with Gasteiger partial charge in [-0.2, -0.15) is 0 Å². The van der Waals surface area contributed by atoms with Crippen LogP contribution in [-0.4, -0.2) is 28.9 Å². The summed E-state index contributed by atoms with van der Waals surface area (Å²) in [5.74, 6) is 0.308. The fourth-order valence-corrected chi connectivity index (χ4v) is 4.50. The monoisotopic (exact) mass is 322 g/mol. The number of anilines is 2. The summed E-state index contributed by atoms with van der Waals surface area (Å²) in [5, 5.41) is 5.91. The molecule has 1 unspecified atom stereocenters. The normalized spacial score (nSPS) is 17.6. The second kappa shape index (κ2) is 5.65. The second-order valence-corrected chi connectivity index (χ2v) is 6.99. The van der Waals surface area contributed by atoms with E-state index in [0.717, 1.165) is 19.5 Å². The summed E-state index contributed by atoms with van der Waals surface area (Å²) < 4.78 is 0. The molecule has 0 bridgehead atoms. The van der Waals surface area contributed by atoms with Gasteiger partial charge in [0.2, 0.25) is 0 Å². The fourth-order valence-electron chi connectivity index (χ4n) is 2.63. The lowest BCUT2D eigenvalue weighted by Crippen LogP contribution is -2.38. The van der Waals surface area contributed by atoms with Gasteiger partial charge in [-0.1, -0.05) is 11.3 Å². The highest BCUT2D eigenvalue weighted by Gasteiger charge is 2.31. The van der Waals surface area contributed by atoms with E-state index in [-0.39, 0.29) is 11.9 Å². The standard InChI is InChI=1S/C14H18N4OS2/c1-3-16-14-17-12(15)11(21-14)13(19)18-6-4-10-9(8(18)2)5-7-20-10/h5,7-8H,3-4,6,15H2,1-2H3,(H,16,17). The third kappa shape index (κ3) is 2.51. The van der Waals surface area contributed by atoms with Gasteiger partial charge in [-0.25, -0.2) is 4.98 Å². The third-order valence-electron chi connectivity index (χ3n) is 3.71. The zero-order chi connectivity index (χ0) is 15.0. The average Bonchev–Trinajstić information content (AvgIpc) is 3.06. The molecule has 1 aliphatic rings. The molecule has 21 heavy (non-hydrogen) atoms. The number of hydrogen-bond donors (Lipinski definition) is 2. The zero-order valence-electron chi connectivity index (χ0n) is 12.0. The number of fused-ring (bicyclic) bond motifs is 1. The van der Waals surface area contributed by atoms with Crippen LogP contribution in [0.4, 0.5) is 10.9 Å². The summed E-state index contributed by atoms with van der Waals surface area (Å²) >= 11 is 3.11. The molecule has 2 aromatic heterocycles. The van der Waals surface area contributed by atoms with Crippen LogP contribution in [0.2, 0.25) is 0 Å². The van der Waals surface area contributed by atoms with Crippen LogP contribution >= 0.6 is 22.7 Å². The highest BCUT2D eigenvalue weighted by molar-refractivity contribution is 7.18. The van der Waals surface area contributed by atoms with Crippen LogP contribution in [0.25, 0.3) is 0 Å². The van der Waals surface area contributed by atoms with Crippen LogP contribution in [0.5, 0.6) is 0 Å². The Morgan fingerprint density at radius 3 is 3.19 bits per heavy atom. The number of aromatic nitrogens is 1. The van der Waals surface area contributed by atoms with Crippen molar-refractivity contribution in [1.29, 1.82) is 0 Å². The van der Waals surface area contributed by atoms with Gasteiger partial charge in [0, 0.05) is 18.0 Å². The van der Waals surface area contributed by atoms with Crippen LogP contribution in [0.1, 0.15) is 40.0 Å². The Morgan fingerprint density at radius 2 is 2.43 bits per heavy atom. The summed E-state index contributed by atoms with van der Waals surface area (Å²) in [6.07, 6.45) is 0.919. The minimum atomic E-state index is -0.0153. The number of hydrogen-bond acceptors (Lipinski definition) is 6. The summed E-state index contributed by atoms with van der Waals surface area (Å²) in [5.41, 5.74) is 7.17. The van der Waals surface area contributed by atoms with Crippen LogP contribution in [0.15, 0.2) is 11.4 Å². The number of rotatable bonds is 3. The van der Waals surface area contributed by atoms with Gasteiger partial charge in [0.1, 0.15) is 10.7 Å². The van der Waals surface area contributed by atoms with Crippen LogP contribution < -0.4 is 11.1 Å². The molecule has 0 aromatic carbocycles. The molecule has 7 heteroatoms. The number of thiophene rings is 1. The molecule has 3 N–H and O–H groups in total. The molecule has 3 rings (SSSR count). The molecule has 0 fully saturated rings. The lowest BCUT2D eigenvalue weighted by atomic mass is 10.0. The number of carbonyl (C=O) groups is 1. The largest absolute Gasteiger partial charge is 0.382 e. The van der Waals surface area contributed by atoms with E-state index in [2.05, 4.69) is 28.7 Å². The van der Waals surface area contributed by atoms with Gasteiger partial charge < -0.3 is 16.0 Å². The maximum absolute atomic E-state index is 12.8. The maximum atomic E-state index is 12.8. The number of thiazole rings is 1. The van der Waals surface area contributed by atoms with E-state index in [4.69, 9.17) is 5.73 Å². The van der Waals surface area contributed by atoms with Crippen molar-refractivity contribution in [1.82, 2.24) is 9.88 Å². The third-order valence-corrected chi connectivity index (χ3v) is 5.73. The topological polar surface area (TPSA) is 71.2 Å². The van der Waals surface area contributed by atoms with Crippen molar-refractivity contribution < 1.29 is 4.79 Å². The van der Waals surface area contributed by atoms with Gasteiger partial charge in [-0.15, -0.1) is 11.3 Å². The fraction of sp³-hybridized carbons (Fsp3) is 0.429. The summed E-state index contributed by atoms with van der Waals surface area (Å²) in [7, 11) is 0. The first-order valence-corrected chi connectivity index (χ1v) is 8.68. The maximum Gasteiger partial charge on any atom is 0.268 e. The van der Waals surface area contributed by atoms with Gasteiger partial charge in [0.05, 0.1) is 6.04 Å². The van der Waals surface area contributed by atoms with Crippen molar-refractivity contribution in [3.63, 3.8) is 0 Å². The SMILES string of the molecule is CCNc1nc(N)c(C(=O)N2CCc3sccc3C2C)s1. The smallest absolute Gasteiger partial charge is 0.268 e. The molecule has 112 valence electrons. The van der Waals surface area contributed by atoms with Crippen LogP contribution in [0, 0.1) is 0 Å². The highest BCUT2D eigenvalue weighted by Crippen LogP contribution is 2.35. The molecule has 0 aliphatic carbocycles. The van der Waals surface area contributed by atoms with E-state index < -0.39 is 0 Å². The summed E-state index contributed by atoms with van der Waals surface area (Å²) in [4.78, 5) is 20.8. The zero-order valence-corrected chi connectivity index (χ0v) is 13.7. The first kappa shape index (κ1) is 14.3. The Morgan fingerprint density at radius 1 is 1.62 bits per heavy atom. The van der Waals surface area contributed by atoms with Crippen molar-refractivity contribution in [3.8, 4) is 0 Å². The van der Waals surface area contributed by atoms with Crippen LogP contribution in [0.3, 0.4) is 0 Å². The van der Waals surface area contributed by atoms with Gasteiger partial charge in [0.25, 0.3) is 5.91 Å². The molecule has 3 heterocycles. The number of nitrogens with zero attached hydrogens (tertiary/aromatic N) is 2. The molecule has 0 saturated carbocycles. The Bertz CT molecular complexity index is 664. The summed E-state index contributed by atoms with van der Waals surface area (Å²) in [6, 6.07) is 2.21. The van der Waals surface area contributed by atoms with E-state index in [1.165, 1.54) is 21.8 Å². The predicted octanol–water partition coefficient (Wildman–Crippen LogP) is 2.98. The van der Waals surface area contributed by atoms with Crippen molar-refractivity contribution in [3.05, 3.63) is 26.8 Å². The van der Waals surface area contributed by atoms with Gasteiger partial charge in [-0.3, -0.25) is 4.79 Å². The molecule has 5 nitrogen and oxygen atoms in total. The molecule has 1 amide bonds. The molecule has 1 atom stereocenters. The molecule has 2 aromatic rings. The van der Waals surface area contributed by atoms with Crippen LogP contribution in [-0.2, 0) is 6.42 Å². The molecule has 0 radical (unpaired) electrons. The van der Waals surface area contributed by atoms with E-state index in [0.29, 0.717) is 15.8 Å². The van der Waals surface area contributed by atoms with E-state index in [9.17, 15) is 4.79 Å². The number of nitrogens with two attached hydrogens (primary N) is 1. The second-order valence-electron chi connectivity index (χ2n) is 4.99. The van der Waals surface area contributed by atoms with Gasteiger partial charge in [0.15, 0.2) is 5.13 Å². The molecule has 0 spiro atoms. The quantitative estimate of drug-likeness (QED) is 0.911. The molecular weight excluding hydrogens is 304 g/mol. The predicted molar refractivity (Wildman–Crippen MR) is 88.2 cm³/mol. The minimum Gasteiger partial charge on any atom is -0.382 e. The van der Waals surface area contributed by atoms with E-state index in [1.807, 2.05) is 11.8 Å². The van der Waals surface area contributed by atoms with E-state index in [1.54, 1.807) is 11.3 Å². The molecule has 1 aliphatic heterocycles. The van der Waals surface area contributed by atoms with Gasteiger partial charge in [-0.05, 0) is 37.3 Å². The van der Waals surface area contributed by atoms with Crippen molar-refractivity contribution >= 4 is 39.5 Å².